The van der Waals surface area contributed by atoms with Crippen LogP contribution in [0.15, 0.2) is 4.47 Å². The number of H-pyrrole nitrogens is 1. The van der Waals surface area contributed by atoms with Gasteiger partial charge in [-0.3, -0.25) is 0 Å². The summed E-state index contributed by atoms with van der Waals surface area (Å²) in [5.41, 5.74) is 4.62. The number of aromatic amines is 1. The van der Waals surface area contributed by atoms with Gasteiger partial charge in [-0.05, 0) is 53.6 Å². The summed E-state index contributed by atoms with van der Waals surface area (Å²) in [4.78, 5) is 3.71. The highest BCUT2D eigenvalue weighted by Crippen LogP contribution is 2.40. The van der Waals surface area contributed by atoms with Crippen molar-refractivity contribution in [2.45, 2.75) is 63.7 Å². The fourth-order valence-electron chi connectivity index (χ4n) is 3.35. The molecule has 0 unspecified atom stereocenters. The van der Waals surface area contributed by atoms with E-state index < -0.39 is 0 Å². The van der Waals surface area contributed by atoms with E-state index in [-0.39, 0.29) is 0 Å². The van der Waals surface area contributed by atoms with Gasteiger partial charge in [-0.1, -0.05) is 25.7 Å². The van der Waals surface area contributed by atoms with Crippen molar-refractivity contribution in [3.05, 3.63) is 21.4 Å². The molecule has 88 valence electrons. The summed E-state index contributed by atoms with van der Waals surface area (Å²) in [6.45, 7) is 0. The van der Waals surface area contributed by atoms with Gasteiger partial charge in [-0.25, -0.2) is 0 Å². The van der Waals surface area contributed by atoms with Gasteiger partial charge in [0.1, 0.15) is 0 Å². The Bertz CT molecular complexity index is 372. The zero-order valence-corrected chi connectivity index (χ0v) is 11.4. The molecule has 0 radical (unpaired) electrons. The molecule has 0 atom stereocenters. The Morgan fingerprint density at radius 2 is 1.69 bits per heavy atom. The maximum atomic E-state index is 3.83. The van der Waals surface area contributed by atoms with Crippen LogP contribution in [0, 0.1) is 0 Å². The van der Waals surface area contributed by atoms with Gasteiger partial charge in [0.2, 0.25) is 0 Å². The zero-order valence-electron chi connectivity index (χ0n) is 9.82. The highest BCUT2D eigenvalue weighted by Gasteiger charge is 2.24. The Morgan fingerprint density at radius 1 is 0.938 bits per heavy atom. The highest BCUT2D eigenvalue weighted by molar-refractivity contribution is 9.10. The smallest absolute Gasteiger partial charge is 0.0420 e. The maximum Gasteiger partial charge on any atom is 0.0420 e. The number of aromatic nitrogens is 1. The molecule has 1 saturated carbocycles. The van der Waals surface area contributed by atoms with Crippen molar-refractivity contribution < 1.29 is 0 Å². The summed E-state index contributed by atoms with van der Waals surface area (Å²) in [6.07, 6.45) is 12.4. The number of rotatable bonds is 1. The van der Waals surface area contributed by atoms with Gasteiger partial charge < -0.3 is 4.98 Å². The van der Waals surface area contributed by atoms with Crippen LogP contribution in [0.5, 0.6) is 0 Å². The Kier molecular flexibility index (Phi) is 3.10. The van der Waals surface area contributed by atoms with E-state index >= 15 is 0 Å². The number of fused-ring (bicyclic) bond motifs is 1. The Labute approximate surface area is 106 Å². The normalized spacial score (nSPS) is 22.1. The number of hydrogen-bond acceptors (Lipinski definition) is 0. The van der Waals surface area contributed by atoms with E-state index in [0.717, 1.165) is 5.92 Å². The van der Waals surface area contributed by atoms with Crippen molar-refractivity contribution in [2.24, 2.45) is 0 Å². The summed E-state index contributed by atoms with van der Waals surface area (Å²) in [7, 11) is 0. The summed E-state index contributed by atoms with van der Waals surface area (Å²) in [5, 5.41) is 0. The second-order valence-electron chi connectivity index (χ2n) is 5.35. The van der Waals surface area contributed by atoms with Crippen LogP contribution in [-0.2, 0) is 12.8 Å². The molecule has 0 saturated heterocycles. The molecule has 16 heavy (non-hydrogen) atoms. The lowest BCUT2D eigenvalue weighted by atomic mass is 9.96. The summed E-state index contributed by atoms with van der Waals surface area (Å²) in [5.74, 6) is 0.794. The number of aryl methyl sites for hydroxylation is 1. The number of halogens is 1. The van der Waals surface area contributed by atoms with E-state index in [2.05, 4.69) is 20.9 Å². The van der Waals surface area contributed by atoms with Crippen LogP contribution in [-0.4, -0.2) is 4.98 Å². The molecule has 0 aliphatic heterocycles. The van der Waals surface area contributed by atoms with Gasteiger partial charge in [-0.2, -0.15) is 0 Å². The molecular formula is C14H20BrN. The molecule has 2 aliphatic rings. The lowest BCUT2D eigenvalue weighted by Gasteiger charge is -2.13. The molecule has 2 heteroatoms. The molecule has 0 bridgehead atoms. The van der Waals surface area contributed by atoms with E-state index in [1.165, 1.54) is 73.6 Å². The highest BCUT2D eigenvalue weighted by atomic mass is 79.9. The first-order chi connectivity index (χ1) is 7.86. The minimum atomic E-state index is 0.794. The Hall–Kier alpha value is -0.240. The minimum absolute atomic E-state index is 0.794. The third-order valence-electron chi connectivity index (χ3n) is 4.27. The van der Waals surface area contributed by atoms with E-state index in [1.54, 1.807) is 5.56 Å². The van der Waals surface area contributed by atoms with Crippen LogP contribution in [0.1, 0.15) is 67.8 Å². The lowest BCUT2D eigenvalue weighted by molar-refractivity contribution is 0.576. The van der Waals surface area contributed by atoms with E-state index in [4.69, 9.17) is 0 Å². The van der Waals surface area contributed by atoms with Gasteiger partial charge in [0, 0.05) is 21.8 Å². The van der Waals surface area contributed by atoms with Crippen molar-refractivity contribution in [3.8, 4) is 0 Å². The fraction of sp³-hybridized carbons (Fsp3) is 0.714. The van der Waals surface area contributed by atoms with Crippen LogP contribution in [0.3, 0.4) is 0 Å². The maximum absolute atomic E-state index is 3.83. The molecule has 3 rings (SSSR count). The predicted molar refractivity (Wildman–Crippen MR) is 71.0 cm³/mol. The van der Waals surface area contributed by atoms with E-state index in [0.29, 0.717) is 0 Å². The van der Waals surface area contributed by atoms with Gasteiger partial charge in [0.25, 0.3) is 0 Å². The molecule has 1 aromatic heterocycles. The predicted octanol–water partition coefficient (Wildman–Crippen LogP) is 4.70. The van der Waals surface area contributed by atoms with Gasteiger partial charge in [-0.15, -0.1) is 0 Å². The van der Waals surface area contributed by atoms with Crippen molar-refractivity contribution in [3.63, 3.8) is 0 Å². The molecule has 0 spiro atoms. The third-order valence-corrected chi connectivity index (χ3v) is 5.17. The van der Waals surface area contributed by atoms with Crippen molar-refractivity contribution in [1.82, 2.24) is 4.98 Å². The summed E-state index contributed by atoms with van der Waals surface area (Å²) in [6, 6.07) is 0. The van der Waals surface area contributed by atoms with Crippen LogP contribution < -0.4 is 0 Å². The minimum Gasteiger partial charge on any atom is -0.361 e. The average Bonchev–Trinajstić information content (AvgIpc) is 2.74. The molecule has 1 nitrogen and oxygen atoms in total. The van der Waals surface area contributed by atoms with Crippen LogP contribution >= 0.6 is 15.9 Å². The molecule has 1 heterocycles. The SMILES string of the molecule is Brc1c(C2CCCCCC2)[nH]c2c1CCC2. The molecule has 0 amide bonds. The van der Waals surface area contributed by atoms with Crippen molar-refractivity contribution >= 4 is 15.9 Å². The molecule has 0 aromatic carbocycles. The standard InChI is InChI=1S/C14H20BrN/c15-13-11-8-5-9-12(11)16-14(13)10-6-3-1-2-4-7-10/h10,16H,1-9H2. The van der Waals surface area contributed by atoms with Crippen LogP contribution in [0.25, 0.3) is 0 Å². The second kappa shape index (κ2) is 4.56. The quantitative estimate of drug-likeness (QED) is 0.718. The summed E-state index contributed by atoms with van der Waals surface area (Å²) < 4.78 is 1.42. The second-order valence-corrected chi connectivity index (χ2v) is 6.14. The topological polar surface area (TPSA) is 15.8 Å². The molecule has 2 aliphatic carbocycles. The van der Waals surface area contributed by atoms with Gasteiger partial charge in [0.15, 0.2) is 0 Å². The Morgan fingerprint density at radius 3 is 2.38 bits per heavy atom. The fourth-order valence-corrected chi connectivity index (χ4v) is 4.21. The van der Waals surface area contributed by atoms with Crippen molar-refractivity contribution in [2.75, 3.05) is 0 Å². The third kappa shape index (κ3) is 1.85. The van der Waals surface area contributed by atoms with Crippen LogP contribution in [0.4, 0.5) is 0 Å². The van der Waals surface area contributed by atoms with E-state index in [1.807, 2.05) is 0 Å². The van der Waals surface area contributed by atoms with E-state index in [9.17, 15) is 0 Å². The van der Waals surface area contributed by atoms with Gasteiger partial charge in [0.05, 0.1) is 0 Å². The number of hydrogen-bond donors (Lipinski definition) is 1. The molecule has 1 fully saturated rings. The van der Waals surface area contributed by atoms with Crippen LogP contribution in [0.2, 0.25) is 0 Å². The van der Waals surface area contributed by atoms with Gasteiger partial charge >= 0.3 is 0 Å². The lowest BCUT2D eigenvalue weighted by Crippen LogP contribution is -1.99. The Balaban J connectivity index is 1.88. The molecule has 1 aromatic rings. The number of nitrogens with one attached hydrogen (secondary N) is 1. The largest absolute Gasteiger partial charge is 0.361 e. The zero-order chi connectivity index (χ0) is 11.0. The summed E-state index contributed by atoms with van der Waals surface area (Å²) >= 11 is 3.83. The monoisotopic (exact) mass is 281 g/mol. The first kappa shape index (κ1) is 10.9. The average molecular weight is 282 g/mol. The molecular weight excluding hydrogens is 262 g/mol. The molecule has 1 N–H and O–H groups in total. The first-order valence-electron chi connectivity index (χ1n) is 6.75. The first-order valence-corrected chi connectivity index (χ1v) is 7.54. The van der Waals surface area contributed by atoms with Crippen molar-refractivity contribution in [1.29, 1.82) is 0 Å².